The maximum atomic E-state index is 13.7. The zero-order valence-corrected chi connectivity index (χ0v) is 15.2. The minimum Gasteiger partial charge on any atom is -0.361 e. The summed E-state index contributed by atoms with van der Waals surface area (Å²) >= 11 is 0. The van der Waals surface area contributed by atoms with E-state index in [4.69, 9.17) is 0 Å². The molecular weight excluding hydrogens is 376 g/mol. The summed E-state index contributed by atoms with van der Waals surface area (Å²) in [6.07, 6.45) is 5.09. The molecule has 0 atom stereocenters. The largest absolute Gasteiger partial charge is 0.361 e. The molecule has 0 spiro atoms. The van der Waals surface area contributed by atoms with E-state index in [0.717, 1.165) is 28.6 Å². The molecule has 4 rings (SSSR count). The molecule has 3 N–H and O–H groups in total. The van der Waals surface area contributed by atoms with Crippen molar-refractivity contribution in [3.8, 4) is 0 Å². The Kier molecular flexibility index (Phi) is 5.15. The van der Waals surface area contributed by atoms with Crippen molar-refractivity contribution in [1.82, 2.24) is 20.3 Å². The number of amides is 1. The normalized spacial score (nSPS) is 10.8. The first kappa shape index (κ1) is 18.5. The highest BCUT2D eigenvalue weighted by Crippen LogP contribution is 2.21. The lowest BCUT2D eigenvalue weighted by Gasteiger charge is -2.08. The van der Waals surface area contributed by atoms with Crippen LogP contribution in [0.15, 0.2) is 61.1 Å². The Morgan fingerprint density at radius 3 is 2.55 bits per heavy atom. The molecule has 6 nitrogen and oxygen atoms in total. The molecule has 8 heteroatoms. The number of para-hydroxylation sites is 2. The van der Waals surface area contributed by atoms with Gasteiger partial charge in [-0.25, -0.2) is 18.7 Å². The number of rotatable bonds is 6. The maximum Gasteiger partial charge on any atom is 0.271 e. The second-order valence-electron chi connectivity index (χ2n) is 6.37. The highest BCUT2D eigenvalue weighted by molar-refractivity contribution is 5.92. The number of benzene rings is 2. The number of nitrogens with zero attached hydrogens (tertiary/aromatic N) is 2. The molecule has 2 aromatic heterocycles. The molecule has 0 radical (unpaired) electrons. The van der Waals surface area contributed by atoms with Crippen molar-refractivity contribution in [3.63, 3.8) is 0 Å². The van der Waals surface area contributed by atoms with Crippen molar-refractivity contribution in [2.24, 2.45) is 0 Å². The summed E-state index contributed by atoms with van der Waals surface area (Å²) in [7, 11) is 0. The van der Waals surface area contributed by atoms with Gasteiger partial charge in [-0.3, -0.25) is 4.79 Å². The Morgan fingerprint density at radius 1 is 1.00 bits per heavy atom. The number of aromatic amines is 1. The van der Waals surface area contributed by atoms with Crippen LogP contribution in [-0.4, -0.2) is 27.4 Å². The van der Waals surface area contributed by atoms with Crippen molar-refractivity contribution in [2.75, 3.05) is 11.9 Å². The third-order valence-electron chi connectivity index (χ3n) is 4.46. The molecule has 0 bridgehead atoms. The summed E-state index contributed by atoms with van der Waals surface area (Å²) in [6.45, 7) is 0.433. The molecule has 29 heavy (non-hydrogen) atoms. The zero-order valence-electron chi connectivity index (χ0n) is 15.2. The molecule has 4 aromatic rings. The standard InChI is InChI=1S/C21H17F2N5O/c22-15-5-3-6-16(23)20(15)28-19-12-26-18(11-27-19)21(29)24-9-8-13-10-25-17-7-2-1-4-14(13)17/h1-7,10-12,25H,8-9H2,(H,24,29)(H,27,28). The zero-order chi connectivity index (χ0) is 20.2. The monoisotopic (exact) mass is 393 g/mol. The molecule has 2 aromatic carbocycles. The van der Waals surface area contributed by atoms with E-state index in [1.54, 1.807) is 0 Å². The van der Waals surface area contributed by atoms with E-state index in [2.05, 4.69) is 25.6 Å². The lowest BCUT2D eigenvalue weighted by molar-refractivity contribution is 0.0949. The first-order valence-electron chi connectivity index (χ1n) is 8.98. The highest BCUT2D eigenvalue weighted by Gasteiger charge is 2.12. The fourth-order valence-electron chi connectivity index (χ4n) is 2.99. The number of carbonyl (C=O) groups excluding carboxylic acids is 1. The van der Waals surface area contributed by atoms with Crippen molar-refractivity contribution >= 4 is 28.3 Å². The second kappa shape index (κ2) is 8.05. The van der Waals surface area contributed by atoms with Crippen LogP contribution in [-0.2, 0) is 6.42 Å². The number of carbonyl (C=O) groups is 1. The van der Waals surface area contributed by atoms with Crippen LogP contribution in [0.4, 0.5) is 20.3 Å². The van der Waals surface area contributed by atoms with Gasteiger partial charge >= 0.3 is 0 Å². The van der Waals surface area contributed by atoms with Crippen LogP contribution in [0.5, 0.6) is 0 Å². The van der Waals surface area contributed by atoms with Gasteiger partial charge in [-0.05, 0) is 30.2 Å². The first-order valence-corrected chi connectivity index (χ1v) is 8.98. The average molecular weight is 393 g/mol. The van der Waals surface area contributed by atoms with Crippen LogP contribution in [0.3, 0.4) is 0 Å². The smallest absolute Gasteiger partial charge is 0.271 e. The van der Waals surface area contributed by atoms with Gasteiger partial charge in [0.25, 0.3) is 5.91 Å². The van der Waals surface area contributed by atoms with Gasteiger partial charge in [-0.1, -0.05) is 24.3 Å². The van der Waals surface area contributed by atoms with Crippen LogP contribution < -0.4 is 10.6 Å². The molecule has 0 aliphatic heterocycles. The Balaban J connectivity index is 1.35. The summed E-state index contributed by atoms with van der Waals surface area (Å²) in [6, 6.07) is 11.5. The molecule has 0 unspecified atom stereocenters. The number of nitrogens with one attached hydrogen (secondary N) is 3. The van der Waals surface area contributed by atoms with E-state index in [9.17, 15) is 13.6 Å². The van der Waals surface area contributed by atoms with Crippen LogP contribution in [0.25, 0.3) is 10.9 Å². The summed E-state index contributed by atoms with van der Waals surface area (Å²) in [5.74, 6) is -1.73. The molecule has 0 saturated carbocycles. The number of anilines is 2. The topological polar surface area (TPSA) is 82.7 Å². The third kappa shape index (κ3) is 4.06. The van der Waals surface area contributed by atoms with Gasteiger partial charge in [-0.2, -0.15) is 0 Å². The highest BCUT2D eigenvalue weighted by atomic mass is 19.1. The van der Waals surface area contributed by atoms with E-state index in [1.165, 1.54) is 18.5 Å². The third-order valence-corrected chi connectivity index (χ3v) is 4.46. The number of hydrogen-bond acceptors (Lipinski definition) is 4. The van der Waals surface area contributed by atoms with Crippen LogP contribution >= 0.6 is 0 Å². The molecule has 0 saturated heterocycles. The Morgan fingerprint density at radius 2 is 1.79 bits per heavy atom. The van der Waals surface area contributed by atoms with Gasteiger partial charge in [0.05, 0.1) is 12.4 Å². The van der Waals surface area contributed by atoms with Gasteiger partial charge in [-0.15, -0.1) is 0 Å². The fraction of sp³-hybridized carbons (Fsp3) is 0.0952. The molecule has 0 fully saturated rings. The van der Waals surface area contributed by atoms with Crippen molar-refractivity contribution in [3.05, 3.63) is 83.9 Å². The molecule has 0 aliphatic rings. The SMILES string of the molecule is O=C(NCCc1c[nH]c2ccccc12)c1cnc(Nc2c(F)cccc2F)cn1. The van der Waals surface area contributed by atoms with Crippen LogP contribution in [0, 0.1) is 11.6 Å². The summed E-state index contributed by atoms with van der Waals surface area (Å²) in [5.41, 5.74) is 1.95. The lowest BCUT2D eigenvalue weighted by Crippen LogP contribution is -2.26. The number of fused-ring (bicyclic) bond motifs is 1. The van der Waals surface area contributed by atoms with Gasteiger partial charge in [0.15, 0.2) is 0 Å². The molecule has 2 heterocycles. The van der Waals surface area contributed by atoms with E-state index in [-0.39, 0.29) is 23.1 Å². The lowest BCUT2D eigenvalue weighted by atomic mass is 10.1. The number of H-pyrrole nitrogens is 1. The van der Waals surface area contributed by atoms with Gasteiger partial charge < -0.3 is 15.6 Å². The van der Waals surface area contributed by atoms with Gasteiger partial charge in [0, 0.05) is 23.6 Å². The predicted octanol–water partition coefficient (Wildman–Crippen LogP) is 3.95. The Labute approximate surface area is 165 Å². The van der Waals surface area contributed by atoms with E-state index in [1.807, 2.05) is 30.5 Å². The molecule has 1 amide bonds. The molecular formula is C21H17F2N5O. The van der Waals surface area contributed by atoms with Gasteiger partial charge in [0.2, 0.25) is 0 Å². The Hall–Kier alpha value is -3.81. The van der Waals surface area contributed by atoms with E-state index in [0.29, 0.717) is 13.0 Å². The maximum absolute atomic E-state index is 13.7. The minimum atomic E-state index is -0.745. The summed E-state index contributed by atoms with van der Waals surface area (Å²) in [5, 5.41) is 6.44. The first-order chi connectivity index (χ1) is 14.1. The number of aromatic nitrogens is 3. The molecule has 146 valence electrons. The summed E-state index contributed by atoms with van der Waals surface area (Å²) < 4.78 is 27.4. The Bertz CT molecular complexity index is 1140. The van der Waals surface area contributed by atoms with Crippen molar-refractivity contribution in [2.45, 2.75) is 6.42 Å². The number of hydrogen-bond donors (Lipinski definition) is 3. The van der Waals surface area contributed by atoms with Crippen LogP contribution in [0.1, 0.15) is 16.1 Å². The van der Waals surface area contributed by atoms with Crippen molar-refractivity contribution < 1.29 is 13.6 Å². The number of halogens is 2. The fourth-order valence-corrected chi connectivity index (χ4v) is 2.99. The quantitative estimate of drug-likeness (QED) is 0.463. The van der Waals surface area contributed by atoms with Crippen molar-refractivity contribution in [1.29, 1.82) is 0 Å². The molecule has 0 aliphatic carbocycles. The van der Waals surface area contributed by atoms with Crippen LogP contribution in [0.2, 0.25) is 0 Å². The summed E-state index contributed by atoms with van der Waals surface area (Å²) in [4.78, 5) is 23.5. The van der Waals surface area contributed by atoms with E-state index < -0.39 is 11.6 Å². The van der Waals surface area contributed by atoms with E-state index >= 15 is 0 Å². The minimum absolute atomic E-state index is 0.114. The second-order valence-corrected chi connectivity index (χ2v) is 6.37. The average Bonchev–Trinajstić information content (AvgIpc) is 3.14. The predicted molar refractivity (Wildman–Crippen MR) is 106 cm³/mol. The van der Waals surface area contributed by atoms with Gasteiger partial charge in [0.1, 0.15) is 28.8 Å².